The van der Waals surface area contributed by atoms with Gasteiger partial charge in [0, 0.05) is 64.5 Å². The lowest BCUT2D eigenvalue weighted by atomic mass is 9.97. The van der Waals surface area contributed by atoms with E-state index >= 15 is 0 Å². The lowest BCUT2D eigenvalue weighted by Gasteiger charge is -2.39. The number of halogens is 2. The Bertz CT molecular complexity index is 1350. The summed E-state index contributed by atoms with van der Waals surface area (Å²) in [5.41, 5.74) is 1.06. The van der Waals surface area contributed by atoms with Gasteiger partial charge in [-0.05, 0) is 49.2 Å². The molecule has 180 valence electrons. The molecule has 0 bridgehead atoms. The van der Waals surface area contributed by atoms with Gasteiger partial charge in [-0.2, -0.15) is 0 Å². The molecule has 1 fully saturated rings. The van der Waals surface area contributed by atoms with E-state index in [-0.39, 0.29) is 29.6 Å². The molecule has 9 heteroatoms. The zero-order valence-electron chi connectivity index (χ0n) is 19.2. The summed E-state index contributed by atoms with van der Waals surface area (Å²) >= 11 is 13.9. The van der Waals surface area contributed by atoms with Crippen LogP contribution in [0.25, 0.3) is 10.1 Å². The monoisotopic (exact) mass is 526 g/mol. The molecule has 0 N–H and O–H groups in total. The topological polar surface area (TPSA) is 65.3 Å². The fourth-order valence-corrected chi connectivity index (χ4v) is 6.08. The summed E-state index contributed by atoms with van der Waals surface area (Å²) in [6, 6.07) is 15.1. The van der Waals surface area contributed by atoms with Crippen LogP contribution in [0.4, 0.5) is 0 Å². The number of amides is 2. The van der Waals surface area contributed by atoms with Gasteiger partial charge in [0.25, 0.3) is 11.8 Å². The molecule has 2 aromatic carbocycles. The van der Waals surface area contributed by atoms with Crippen molar-refractivity contribution in [1.82, 2.24) is 9.80 Å². The van der Waals surface area contributed by atoms with E-state index in [0.717, 1.165) is 22.1 Å². The minimum Gasteiger partial charge on any atom is -0.332 e. The highest BCUT2D eigenvalue weighted by atomic mass is 35.5. The number of rotatable bonds is 3. The quantitative estimate of drug-likeness (QED) is 0.449. The van der Waals surface area contributed by atoms with Crippen LogP contribution in [-0.2, 0) is 4.79 Å². The van der Waals surface area contributed by atoms with Crippen molar-refractivity contribution in [2.24, 2.45) is 9.98 Å². The Kier molecular flexibility index (Phi) is 6.91. The van der Waals surface area contributed by atoms with Gasteiger partial charge in [0.05, 0.1) is 4.88 Å². The van der Waals surface area contributed by atoms with Gasteiger partial charge in [0.1, 0.15) is 0 Å². The van der Waals surface area contributed by atoms with Gasteiger partial charge < -0.3 is 9.80 Å². The minimum absolute atomic E-state index is 0.0314. The lowest BCUT2D eigenvalue weighted by Crippen LogP contribution is -2.56. The predicted octanol–water partition coefficient (Wildman–Crippen LogP) is 5.54. The third-order valence-corrected chi connectivity index (χ3v) is 8.09. The van der Waals surface area contributed by atoms with Gasteiger partial charge in [0.2, 0.25) is 5.84 Å². The van der Waals surface area contributed by atoms with Crippen LogP contribution in [0.3, 0.4) is 0 Å². The molecule has 5 rings (SSSR count). The third-order valence-electron chi connectivity index (χ3n) is 6.44. The van der Waals surface area contributed by atoms with Gasteiger partial charge in [-0.3, -0.25) is 14.6 Å². The zero-order chi connectivity index (χ0) is 24.5. The molecule has 2 amide bonds. The van der Waals surface area contributed by atoms with Crippen molar-refractivity contribution >= 4 is 68.5 Å². The first-order valence-electron chi connectivity index (χ1n) is 11.5. The molecule has 1 aromatic heterocycles. The van der Waals surface area contributed by atoms with E-state index < -0.39 is 0 Å². The number of aliphatic imine (C=N–C) groups is 2. The van der Waals surface area contributed by atoms with Crippen LogP contribution in [0.5, 0.6) is 0 Å². The van der Waals surface area contributed by atoms with E-state index in [1.165, 1.54) is 11.3 Å². The number of amidine groups is 1. The smallest absolute Gasteiger partial charge is 0.291 e. The number of carbonyl (C=O) groups excluding carboxylic acids is 2. The maximum Gasteiger partial charge on any atom is 0.291 e. The molecule has 3 aromatic rings. The van der Waals surface area contributed by atoms with Gasteiger partial charge in [-0.25, -0.2) is 4.99 Å². The van der Waals surface area contributed by atoms with Crippen molar-refractivity contribution in [2.45, 2.75) is 25.3 Å². The van der Waals surface area contributed by atoms with Crippen molar-refractivity contribution in [1.29, 1.82) is 0 Å². The van der Waals surface area contributed by atoms with Crippen molar-refractivity contribution in [3.05, 3.63) is 69.0 Å². The predicted molar refractivity (Wildman–Crippen MR) is 144 cm³/mol. The molecule has 2 atom stereocenters. The highest BCUT2D eigenvalue weighted by Crippen LogP contribution is 2.32. The number of piperazine rings is 1. The first kappa shape index (κ1) is 24.0. The van der Waals surface area contributed by atoms with Crippen molar-refractivity contribution in [3.8, 4) is 0 Å². The molecular weight excluding hydrogens is 503 g/mol. The Hall–Kier alpha value is -2.74. The molecule has 2 unspecified atom stereocenters. The molecule has 0 radical (unpaired) electrons. The summed E-state index contributed by atoms with van der Waals surface area (Å²) in [7, 11) is 0. The molecule has 2 aliphatic heterocycles. The van der Waals surface area contributed by atoms with Crippen LogP contribution in [-0.4, -0.2) is 65.9 Å². The Morgan fingerprint density at radius 2 is 1.89 bits per heavy atom. The standard InChI is InChI=1S/C26H24Cl2N4O2S/c1-16-15-31(10-11-32(16)25(33)23-13-20-21(28)6-3-7-22(20)35-23)26(34)24-29-9-8-18(14-30-24)17-4-2-5-19(27)12-17/h2-7,12-14,16,18H,8-11,15H2,1H3. The number of carbonyl (C=O) groups is 2. The zero-order valence-corrected chi connectivity index (χ0v) is 21.5. The van der Waals surface area contributed by atoms with Crippen LogP contribution in [0, 0.1) is 0 Å². The molecular formula is C26H24Cl2N4O2S. The Morgan fingerprint density at radius 1 is 1.06 bits per heavy atom. The maximum atomic E-state index is 13.2. The number of hydrogen-bond acceptors (Lipinski definition) is 5. The fourth-order valence-electron chi connectivity index (χ4n) is 4.56. The highest BCUT2D eigenvalue weighted by Gasteiger charge is 2.33. The van der Waals surface area contributed by atoms with Gasteiger partial charge in [0.15, 0.2) is 0 Å². The molecule has 0 aliphatic carbocycles. The highest BCUT2D eigenvalue weighted by molar-refractivity contribution is 7.20. The van der Waals surface area contributed by atoms with E-state index in [1.807, 2.05) is 60.4 Å². The largest absolute Gasteiger partial charge is 0.332 e. The summed E-state index contributed by atoms with van der Waals surface area (Å²) in [5, 5.41) is 2.21. The number of hydrogen-bond donors (Lipinski definition) is 0. The van der Waals surface area contributed by atoms with E-state index in [4.69, 9.17) is 23.2 Å². The minimum atomic E-state index is -0.194. The van der Waals surface area contributed by atoms with E-state index in [0.29, 0.717) is 41.1 Å². The normalized spacial score (nSPS) is 20.6. The second-order valence-electron chi connectivity index (χ2n) is 8.79. The number of nitrogens with zero attached hydrogens (tertiary/aromatic N) is 4. The Morgan fingerprint density at radius 3 is 2.66 bits per heavy atom. The number of benzene rings is 2. The summed E-state index contributed by atoms with van der Waals surface area (Å²) in [5.74, 6) is 0.0586. The SMILES string of the molecule is CC1CN(C(=O)C2=NCCC(c3cccc(Cl)c3)C=N2)CCN1C(=O)c1cc2c(Cl)cccc2s1. The second kappa shape index (κ2) is 10.1. The molecule has 3 heterocycles. The Balaban J connectivity index is 1.25. The third kappa shape index (κ3) is 4.99. The van der Waals surface area contributed by atoms with Crippen LogP contribution >= 0.6 is 34.5 Å². The van der Waals surface area contributed by atoms with Crippen LogP contribution in [0.2, 0.25) is 10.0 Å². The average molecular weight is 527 g/mol. The first-order valence-corrected chi connectivity index (χ1v) is 13.1. The molecule has 35 heavy (non-hydrogen) atoms. The van der Waals surface area contributed by atoms with Crippen LogP contribution < -0.4 is 0 Å². The molecule has 6 nitrogen and oxygen atoms in total. The lowest BCUT2D eigenvalue weighted by molar-refractivity contribution is -0.126. The number of thiophene rings is 1. The van der Waals surface area contributed by atoms with Crippen LogP contribution in [0.1, 0.15) is 34.5 Å². The van der Waals surface area contributed by atoms with Gasteiger partial charge in [-0.15, -0.1) is 11.3 Å². The van der Waals surface area contributed by atoms with Crippen molar-refractivity contribution in [3.63, 3.8) is 0 Å². The Labute approximate surface area is 217 Å². The van der Waals surface area contributed by atoms with Gasteiger partial charge >= 0.3 is 0 Å². The maximum absolute atomic E-state index is 13.2. The summed E-state index contributed by atoms with van der Waals surface area (Å²) < 4.78 is 0.989. The molecule has 0 spiro atoms. The van der Waals surface area contributed by atoms with Crippen molar-refractivity contribution < 1.29 is 9.59 Å². The fraction of sp³-hybridized carbons (Fsp3) is 0.308. The molecule has 2 aliphatic rings. The molecule has 1 saturated heterocycles. The van der Waals surface area contributed by atoms with Crippen LogP contribution in [0.15, 0.2) is 58.5 Å². The van der Waals surface area contributed by atoms with Crippen molar-refractivity contribution in [2.75, 3.05) is 26.2 Å². The molecule has 0 saturated carbocycles. The number of fused-ring (bicyclic) bond motifs is 1. The summed E-state index contributed by atoms with van der Waals surface area (Å²) in [4.78, 5) is 39.6. The summed E-state index contributed by atoms with van der Waals surface area (Å²) in [6.45, 7) is 3.80. The van der Waals surface area contributed by atoms with Gasteiger partial charge in [-0.1, -0.05) is 41.4 Å². The average Bonchev–Trinajstić information content (AvgIpc) is 3.15. The summed E-state index contributed by atoms with van der Waals surface area (Å²) in [6.07, 6.45) is 2.56. The first-order chi connectivity index (χ1) is 16.9. The second-order valence-corrected chi connectivity index (χ2v) is 10.7. The van der Waals surface area contributed by atoms with E-state index in [9.17, 15) is 9.59 Å². The van der Waals surface area contributed by atoms with E-state index in [1.54, 1.807) is 11.1 Å². The van der Waals surface area contributed by atoms with E-state index in [2.05, 4.69) is 9.98 Å².